The maximum Gasteiger partial charge on any atom is 0.228 e. The Morgan fingerprint density at radius 2 is 2.32 bits per heavy atom. The summed E-state index contributed by atoms with van der Waals surface area (Å²) in [5.41, 5.74) is 0.839. The predicted molar refractivity (Wildman–Crippen MR) is 89.2 cm³/mol. The van der Waals surface area contributed by atoms with E-state index >= 15 is 0 Å². The number of carbonyl (C=O) groups is 1. The fourth-order valence-corrected chi connectivity index (χ4v) is 4.06. The van der Waals surface area contributed by atoms with Crippen LogP contribution in [-0.4, -0.2) is 27.1 Å². The first-order valence-corrected chi connectivity index (χ1v) is 8.92. The molecule has 1 fully saturated rings. The van der Waals surface area contributed by atoms with E-state index in [1.54, 1.807) is 16.0 Å². The van der Waals surface area contributed by atoms with Gasteiger partial charge >= 0.3 is 0 Å². The van der Waals surface area contributed by atoms with Crippen molar-refractivity contribution in [1.82, 2.24) is 14.7 Å². The minimum atomic E-state index is 0.00339. The molecule has 0 bridgehead atoms. The smallest absolute Gasteiger partial charge is 0.228 e. The van der Waals surface area contributed by atoms with E-state index < -0.39 is 0 Å². The van der Waals surface area contributed by atoms with E-state index in [2.05, 4.69) is 5.10 Å². The molecule has 1 aliphatic heterocycles. The number of hydrogen-bond acceptors (Lipinski definition) is 3. The van der Waals surface area contributed by atoms with E-state index in [-0.39, 0.29) is 11.9 Å². The number of carbonyl (C=O) groups excluding carboxylic acids is 1. The van der Waals surface area contributed by atoms with E-state index in [1.165, 1.54) is 0 Å². The third-order valence-corrected chi connectivity index (χ3v) is 5.27. The lowest BCUT2D eigenvalue weighted by Gasteiger charge is -2.29. The Balaban J connectivity index is 1.84. The van der Waals surface area contributed by atoms with Crippen LogP contribution in [0.1, 0.15) is 42.3 Å². The van der Waals surface area contributed by atoms with Gasteiger partial charge in [0.2, 0.25) is 5.91 Å². The molecule has 1 atom stereocenters. The monoisotopic (exact) mass is 337 g/mol. The lowest BCUT2D eigenvalue weighted by molar-refractivity contribution is -0.133. The van der Waals surface area contributed by atoms with Gasteiger partial charge in [0.05, 0.1) is 17.5 Å². The molecule has 0 saturated carbocycles. The maximum atomic E-state index is 12.8. The number of halogens is 1. The molecule has 1 unspecified atom stereocenters. The number of hydrogen-bond donors (Lipinski definition) is 0. The number of likely N-dealkylation sites (tertiary alicyclic amines) is 1. The van der Waals surface area contributed by atoms with Crippen LogP contribution in [0.4, 0.5) is 0 Å². The van der Waals surface area contributed by atoms with Crippen LogP contribution in [0.3, 0.4) is 0 Å². The summed E-state index contributed by atoms with van der Waals surface area (Å²) < 4.78 is 1.73. The molecule has 0 aromatic carbocycles. The lowest BCUT2D eigenvalue weighted by atomic mass is 10.1. The van der Waals surface area contributed by atoms with Gasteiger partial charge in [-0.1, -0.05) is 30.5 Å². The van der Waals surface area contributed by atoms with Crippen molar-refractivity contribution < 1.29 is 4.79 Å². The van der Waals surface area contributed by atoms with Crippen LogP contribution in [0.25, 0.3) is 0 Å². The van der Waals surface area contributed by atoms with Crippen LogP contribution in [0.5, 0.6) is 0 Å². The van der Waals surface area contributed by atoms with Crippen molar-refractivity contribution in [2.45, 2.75) is 38.1 Å². The molecule has 0 spiro atoms. The molecule has 0 aliphatic carbocycles. The van der Waals surface area contributed by atoms with E-state index in [0.717, 1.165) is 42.8 Å². The van der Waals surface area contributed by atoms with Gasteiger partial charge in [0, 0.05) is 24.7 Å². The van der Waals surface area contributed by atoms with Gasteiger partial charge in [0.25, 0.3) is 0 Å². The van der Waals surface area contributed by atoms with Crippen LogP contribution in [0, 0.1) is 0 Å². The summed E-state index contributed by atoms with van der Waals surface area (Å²) in [7, 11) is 1.86. The van der Waals surface area contributed by atoms with Gasteiger partial charge < -0.3 is 4.90 Å². The normalized spacial score (nSPS) is 19.2. The molecule has 22 heavy (non-hydrogen) atoms. The van der Waals surface area contributed by atoms with Crippen LogP contribution in [-0.2, 0) is 18.3 Å². The highest BCUT2D eigenvalue weighted by Gasteiger charge is 2.30. The molecule has 1 amide bonds. The van der Waals surface area contributed by atoms with Crippen molar-refractivity contribution in [2.75, 3.05) is 6.54 Å². The SMILES string of the molecule is Cn1cc(Cl)c(C2CCCCCN2C(=O)Cc2cccs2)n1. The summed E-state index contributed by atoms with van der Waals surface area (Å²) in [4.78, 5) is 15.9. The molecule has 0 N–H and O–H groups in total. The molecule has 1 aliphatic rings. The predicted octanol–water partition coefficient (Wildman–Crippen LogP) is 3.82. The number of thiophene rings is 1. The van der Waals surface area contributed by atoms with Crippen molar-refractivity contribution >= 4 is 28.8 Å². The molecule has 0 radical (unpaired) electrons. The molecule has 4 nitrogen and oxygen atoms in total. The van der Waals surface area contributed by atoms with Crippen molar-refractivity contribution in [3.63, 3.8) is 0 Å². The minimum absolute atomic E-state index is 0.00339. The second-order valence-corrected chi connectivity index (χ2v) is 7.18. The highest BCUT2D eigenvalue weighted by Crippen LogP contribution is 2.33. The fourth-order valence-electron chi connectivity index (χ4n) is 3.06. The second-order valence-electron chi connectivity index (χ2n) is 5.74. The summed E-state index contributed by atoms with van der Waals surface area (Å²) in [5, 5.41) is 7.17. The lowest BCUT2D eigenvalue weighted by Crippen LogP contribution is -2.36. The Labute approximate surface area is 139 Å². The highest BCUT2D eigenvalue weighted by molar-refractivity contribution is 7.10. The zero-order valence-electron chi connectivity index (χ0n) is 12.7. The van der Waals surface area contributed by atoms with Gasteiger partial charge in [-0.15, -0.1) is 11.3 Å². The first-order valence-electron chi connectivity index (χ1n) is 7.66. The van der Waals surface area contributed by atoms with Gasteiger partial charge in [-0.05, 0) is 24.3 Å². The van der Waals surface area contributed by atoms with Gasteiger partial charge in [-0.3, -0.25) is 9.48 Å². The summed E-state index contributed by atoms with van der Waals surface area (Å²) in [5.74, 6) is 0.177. The number of amides is 1. The average molecular weight is 338 g/mol. The quantitative estimate of drug-likeness (QED) is 0.854. The zero-order valence-corrected chi connectivity index (χ0v) is 14.2. The molecule has 6 heteroatoms. The largest absolute Gasteiger partial charge is 0.334 e. The number of aromatic nitrogens is 2. The standard InChI is InChI=1S/C16H20ClN3OS/c1-19-11-13(17)16(18-19)14-7-3-2-4-8-20(14)15(21)10-12-6-5-9-22-12/h5-6,9,11,14H,2-4,7-8,10H2,1H3. The Hall–Kier alpha value is -1.33. The van der Waals surface area contributed by atoms with Gasteiger partial charge in [-0.2, -0.15) is 5.10 Å². The first kappa shape index (κ1) is 15.6. The molecule has 118 valence electrons. The van der Waals surface area contributed by atoms with Gasteiger partial charge in [0.1, 0.15) is 5.69 Å². The Morgan fingerprint density at radius 1 is 1.45 bits per heavy atom. The molecule has 1 saturated heterocycles. The molecule has 3 heterocycles. The summed E-state index contributed by atoms with van der Waals surface area (Å²) in [6.45, 7) is 0.793. The number of nitrogens with zero attached hydrogens (tertiary/aromatic N) is 3. The Kier molecular flexibility index (Phi) is 4.84. The van der Waals surface area contributed by atoms with Crippen LogP contribution >= 0.6 is 22.9 Å². The molecule has 2 aromatic rings. The van der Waals surface area contributed by atoms with E-state index in [4.69, 9.17) is 11.6 Å². The summed E-state index contributed by atoms with van der Waals surface area (Å²) >= 11 is 7.96. The molecule has 2 aromatic heterocycles. The number of aryl methyl sites for hydroxylation is 1. The Bertz CT molecular complexity index is 638. The molecular weight excluding hydrogens is 318 g/mol. The maximum absolute atomic E-state index is 12.8. The van der Waals surface area contributed by atoms with Crippen LogP contribution < -0.4 is 0 Å². The Morgan fingerprint density at radius 3 is 3.00 bits per heavy atom. The van der Waals surface area contributed by atoms with Gasteiger partial charge in [-0.25, -0.2) is 0 Å². The number of rotatable bonds is 3. The summed E-state index contributed by atoms with van der Waals surface area (Å²) in [6, 6.07) is 4.01. The van der Waals surface area contributed by atoms with Crippen molar-refractivity contribution in [3.8, 4) is 0 Å². The molecule has 3 rings (SSSR count). The van der Waals surface area contributed by atoms with Gasteiger partial charge in [0.15, 0.2) is 0 Å². The van der Waals surface area contributed by atoms with E-state index in [9.17, 15) is 4.79 Å². The topological polar surface area (TPSA) is 38.1 Å². The van der Waals surface area contributed by atoms with E-state index in [1.807, 2.05) is 35.7 Å². The third kappa shape index (κ3) is 3.36. The van der Waals surface area contributed by atoms with Crippen LogP contribution in [0.15, 0.2) is 23.7 Å². The minimum Gasteiger partial charge on any atom is -0.334 e. The molecular formula is C16H20ClN3OS. The average Bonchev–Trinajstić information content (AvgIpc) is 3.01. The van der Waals surface area contributed by atoms with Crippen molar-refractivity contribution in [3.05, 3.63) is 39.3 Å². The summed E-state index contributed by atoms with van der Waals surface area (Å²) in [6.07, 6.45) is 6.54. The first-order chi connectivity index (χ1) is 10.6. The highest BCUT2D eigenvalue weighted by atomic mass is 35.5. The van der Waals surface area contributed by atoms with Crippen molar-refractivity contribution in [1.29, 1.82) is 0 Å². The van der Waals surface area contributed by atoms with E-state index in [0.29, 0.717) is 11.4 Å². The third-order valence-electron chi connectivity index (χ3n) is 4.10. The zero-order chi connectivity index (χ0) is 15.5. The van der Waals surface area contributed by atoms with Crippen LogP contribution in [0.2, 0.25) is 5.02 Å². The van der Waals surface area contributed by atoms with Crippen molar-refractivity contribution in [2.24, 2.45) is 7.05 Å². The second kappa shape index (κ2) is 6.84. The fraction of sp³-hybridized carbons (Fsp3) is 0.500.